The minimum absolute atomic E-state index is 0.189. The van der Waals surface area contributed by atoms with E-state index in [1.165, 1.54) is 43.1 Å². The van der Waals surface area contributed by atoms with Gasteiger partial charge in [-0.25, -0.2) is 9.98 Å². The minimum atomic E-state index is -0.955. The summed E-state index contributed by atoms with van der Waals surface area (Å²) in [6.45, 7) is 3.38. The number of hydrogen-bond donors (Lipinski definition) is 2. The van der Waals surface area contributed by atoms with Crippen molar-refractivity contribution in [3.05, 3.63) is 141 Å². The van der Waals surface area contributed by atoms with Crippen molar-refractivity contribution in [2.75, 3.05) is 19.5 Å². The maximum Gasteiger partial charge on any atom is 0.271 e. The van der Waals surface area contributed by atoms with Gasteiger partial charge in [-0.15, -0.1) is 0 Å². The quantitative estimate of drug-likeness (QED) is 0.129. The lowest BCUT2D eigenvalue weighted by molar-refractivity contribution is -0.384. The van der Waals surface area contributed by atoms with Crippen LogP contribution in [0.15, 0.2) is 109 Å². The van der Waals surface area contributed by atoms with Gasteiger partial charge in [-0.3, -0.25) is 29.1 Å². The summed E-state index contributed by atoms with van der Waals surface area (Å²) in [4.78, 5) is 64.2. The second-order valence-corrected chi connectivity index (χ2v) is 12.8. The van der Waals surface area contributed by atoms with Gasteiger partial charge in [0.15, 0.2) is 9.96 Å². The summed E-state index contributed by atoms with van der Waals surface area (Å²) >= 11 is 2.17. The van der Waals surface area contributed by atoms with Crippen LogP contribution >= 0.6 is 23.1 Å². The molecule has 1 aliphatic rings. The molecule has 0 radical (unpaired) electrons. The standard InChI is InChI=1S/C34H28N6O7S2/c1-18-14-28(41)38-33(35-18)48-26-13-10-22(40(44)45)15-20(26)16-27-32(43)39-30(24-12-11-23(46-3)17-25(24)47-4)29(19(2)36-34(39)49-27)31(42)37-21-8-6-5-7-9-21/h5-17,30H,1-4H3,(H,37,42)(H,35,38,41)/b27-16+/t30-/m1/s1. The molecule has 1 aliphatic heterocycles. The van der Waals surface area contributed by atoms with Crippen molar-refractivity contribution in [3.63, 3.8) is 0 Å². The van der Waals surface area contributed by atoms with E-state index >= 15 is 0 Å². The first-order valence-corrected chi connectivity index (χ1v) is 16.3. The lowest BCUT2D eigenvalue weighted by Crippen LogP contribution is -2.40. The number of fused-ring (bicyclic) bond motifs is 1. The summed E-state index contributed by atoms with van der Waals surface area (Å²) in [5.74, 6) is 0.446. The molecule has 2 N–H and O–H groups in total. The molecule has 49 heavy (non-hydrogen) atoms. The Kier molecular flexibility index (Phi) is 9.29. The number of amides is 1. The van der Waals surface area contributed by atoms with E-state index in [-0.39, 0.29) is 26.5 Å². The first kappa shape index (κ1) is 33.1. The van der Waals surface area contributed by atoms with Gasteiger partial charge in [-0.1, -0.05) is 41.3 Å². The van der Waals surface area contributed by atoms with Crippen LogP contribution in [0.1, 0.15) is 29.8 Å². The van der Waals surface area contributed by atoms with Gasteiger partial charge >= 0.3 is 0 Å². The normalized spacial score (nSPS) is 14.2. The van der Waals surface area contributed by atoms with Crippen LogP contribution in [-0.2, 0) is 4.79 Å². The Hall–Kier alpha value is -5.80. The number of thiazole rings is 1. The third-order valence-corrected chi connectivity index (χ3v) is 9.54. The van der Waals surface area contributed by atoms with Crippen molar-refractivity contribution in [2.24, 2.45) is 4.99 Å². The number of rotatable bonds is 9. The predicted molar refractivity (Wildman–Crippen MR) is 185 cm³/mol. The van der Waals surface area contributed by atoms with Crippen LogP contribution in [0, 0.1) is 17.0 Å². The number of benzene rings is 3. The van der Waals surface area contributed by atoms with Crippen LogP contribution in [0.5, 0.6) is 11.5 Å². The van der Waals surface area contributed by atoms with E-state index in [4.69, 9.17) is 9.47 Å². The Morgan fingerprint density at radius 3 is 2.53 bits per heavy atom. The maximum atomic E-state index is 14.4. The van der Waals surface area contributed by atoms with Gasteiger partial charge in [0.05, 0.1) is 34.9 Å². The zero-order chi connectivity index (χ0) is 34.8. The SMILES string of the molecule is COc1ccc([C@@H]2C(C(=O)Nc3ccccc3)=C(C)N=c3s/c(=C/c4cc([N+](=O)[O-])ccc4Sc4nc(C)cc(=O)[nH]4)c(=O)n32)c(OC)c1. The number of methoxy groups -OCH3 is 2. The molecule has 13 nitrogen and oxygen atoms in total. The van der Waals surface area contributed by atoms with Gasteiger partial charge in [0.1, 0.15) is 17.5 Å². The highest BCUT2D eigenvalue weighted by atomic mass is 32.2. The molecular formula is C34H28N6O7S2. The largest absolute Gasteiger partial charge is 0.497 e. The lowest BCUT2D eigenvalue weighted by Gasteiger charge is -2.26. The van der Waals surface area contributed by atoms with Gasteiger partial charge in [0, 0.05) is 46.1 Å². The number of aryl methyl sites for hydroxylation is 1. The molecule has 5 aromatic rings. The maximum absolute atomic E-state index is 14.4. The Bertz CT molecular complexity index is 2400. The Balaban J connectivity index is 1.55. The van der Waals surface area contributed by atoms with E-state index in [9.17, 15) is 24.5 Å². The fourth-order valence-corrected chi connectivity index (χ4v) is 7.33. The van der Waals surface area contributed by atoms with Gasteiger partial charge < -0.3 is 19.8 Å². The highest BCUT2D eigenvalue weighted by Crippen LogP contribution is 2.38. The third kappa shape index (κ3) is 6.79. The highest BCUT2D eigenvalue weighted by molar-refractivity contribution is 7.99. The number of para-hydroxylation sites is 1. The molecule has 248 valence electrons. The Morgan fingerprint density at radius 2 is 1.84 bits per heavy atom. The molecular weight excluding hydrogens is 669 g/mol. The molecule has 6 rings (SSSR count). The molecule has 3 aromatic carbocycles. The van der Waals surface area contributed by atoms with E-state index in [1.807, 2.05) is 6.07 Å². The molecule has 0 aliphatic carbocycles. The highest BCUT2D eigenvalue weighted by Gasteiger charge is 2.34. The second-order valence-electron chi connectivity index (χ2n) is 10.8. The summed E-state index contributed by atoms with van der Waals surface area (Å²) in [6.07, 6.45) is 1.54. The molecule has 3 heterocycles. The smallest absolute Gasteiger partial charge is 0.271 e. The number of carbonyl (C=O) groups excluding carboxylic acids is 1. The molecule has 0 unspecified atom stereocenters. The van der Waals surface area contributed by atoms with Crippen molar-refractivity contribution in [1.82, 2.24) is 14.5 Å². The molecule has 2 aromatic heterocycles. The van der Waals surface area contributed by atoms with Crippen molar-refractivity contribution in [1.29, 1.82) is 0 Å². The number of ether oxygens (including phenoxy) is 2. The summed E-state index contributed by atoms with van der Waals surface area (Å²) in [6, 6.07) is 18.7. The Morgan fingerprint density at radius 1 is 1.06 bits per heavy atom. The minimum Gasteiger partial charge on any atom is -0.497 e. The summed E-state index contributed by atoms with van der Waals surface area (Å²) < 4.78 is 12.8. The molecule has 0 saturated carbocycles. The van der Waals surface area contributed by atoms with Crippen molar-refractivity contribution < 1.29 is 19.2 Å². The van der Waals surface area contributed by atoms with Crippen LogP contribution in [0.25, 0.3) is 6.08 Å². The average Bonchev–Trinajstić information content (AvgIpc) is 3.38. The lowest BCUT2D eigenvalue weighted by atomic mass is 9.94. The third-order valence-electron chi connectivity index (χ3n) is 7.58. The van der Waals surface area contributed by atoms with Crippen LogP contribution in [-0.4, -0.2) is 39.6 Å². The van der Waals surface area contributed by atoms with Gasteiger partial charge in [-0.2, -0.15) is 0 Å². The topological polar surface area (TPSA) is 171 Å². The fraction of sp³-hybridized carbons (Fsp3) is 0.147. The van der Waals surface area contributed by atoms with Crippen LogP contribution in [0.2, 0.25) is 0 Å². The van der Waals surface area contributed by atoms with Crippen LogP contribution < -0.4 is 35.2 Å². The van der Waals surface area contributed by atoms with E-state index in [1.54, 1.807) is 62.4 Å². The zero-order valence-corrected chi connectivity index (χ0v) is 28.2. The summed E-state index contributed by atoms with van der Waals surface area (Å²) in [5, 5.41) is 14.9. The molecule has 1 atom stereocenters. The number of nitro benzene ring substituents is 1. The van der Waals surface area contributed by atoms with Crippen LogP contribution in [0.3, 0.4) is 0 Å². The average molecular weight is 697 g/mol. The molecule has 15 heteroatoms. The number of carbonyl (C=O) groups is 1. The van der Waals surface area contributed by atoms with Crippen molar-refractivity contribution >= 4 is 46.5 Å². The number of aromatic amines is 1. The first-order valence-electron chi connectivity index (χ1n) is 14.7. The monoisotopic (exact) mass is 696 g/mol. The first-order chi connectivity index (χ1) is 23.6. The van der Waals surface area contributed by atoms with E-state index in [0.29, 0.717) is 49.4 Å². The number of hydrogen-bond acceptors (Lipinski definition) is 11. The predicted octanol–water partition coefficient (Wildman–Crippen LogP) is 4.34. The fourth-order valence-electron chi connectivity index (χ4n) is 5.37. The van der Waals surface area contributed by atoms with E-state index in [2.05, 4.69) is 20.3 Å². The van der Waals surface area contributed by atoms with E-state index < -0.39 is 22.4 Å². The number of anilines is 1. The molecule has 1 amide bonds. The van der Waals surface area contributed by atoms with Gasteiger partial charge in [0.25, 0.3) is 22.7 Å². The van der Waals surface area contributed by atoms with Crippen molar-refractivity contribution in [2.45, 2.75) is 29.9 Å². The summed E-state index contributed by atoms with van der Waals surface area (Å²) in [5.41, 5.74) is 1.54. The van der Waals surface area contributed by atoms with Crippen LogP contribution in [0.4, 0.5) is 11.4 Å². The van der Waals surface area contributed by atoms with Gasteiger partial charge in [0.2, 0.25) is 0 Å². The van der Waals surface area contributed by atoms with Gasteiger partial charge in [-0.05, 0) is 55.8 Å². The Labute approximate surface area is 286 Å². The summed E-state index contributed by atoms with van der Waals surface area (Å²) in [7, 11) is 3.01. The molecule has 0 spiro atoms. The van der Waals surface area contributed by atoms with Crippen molar-refractivity contribution in [3.8, 4) is 11.5 Å². The molecule has 0 saturated heterocycles. The molecule has 0 bridgehead atoms. The second kappa shape index (κ2) is 13.7. The number of allylic oxidation sites excluding steroid dienone is 1. The van der Waals surface area contributed by atoms with E-state index in [0.717, 1.165) is 23.1 Å². The number of nitrogens with zero attached hydrogens (tertiary/aromatic N) is 4. The zero-order valence-electron chi connectivity index (χ0n) is 26.5. The number of H-pyrrole nitrogens is 1. The number of nitro groups is 1. The number of aromatic nitrogens is 3. The number of non-ortho nitro benzene ring substituents is 1. The molecule has 0 fully saturated rings. The number of nitrogens with one attached hydrogen (secondary N) is 2.